The van der Waals surface area contributed by atoms with Gasteiger partial charge in [0.1, 0.15) is 11.6 Å². The first kappa shape index (κ1) is 11.5. The van der Waals surface area contributed by atoms with E-state index in [9.17, 15) is 17.2 Å². The van der Waals surface area contributed by atoms with E-state index in [0.717, 1.165) is 6.07 Å². The van der Waals surface area contributed by atoms with Crippen molar-refractivity contribution in [1.82, 2.24) is 5.32 Å². The van der Waals surface area contributed by atoms with Gasteiger partial charge in [-0.3, -0.25) is 0 Å². The summed E-state index contributed by atoms with van der Waals surface area (Å²) in [7, 11) is -2.87. The summed E-state index contributed by atoms with van der Waals surface area (Å²) in [5.74, 6) is -1.05. The zero-order chi connectivity index (χ0) is 11.8. The number of rotatable bonds is 3. The zero-order valence-corrected chi connectivity index (χ0v) is 9.23. The molecule has 0 atom stereocenters. The second-order valence-corrected chi connectivity index (χ2v) is 6.04. The average Bonchev–Trinajstić information content (AvgIpc) is 2.13. The van der Waals surface area contributed by atoms with E-state index in [-0.39, 0.29) is 24.1 Å². The Hall–Kier alpha value is -1.01. The molecule has 1 aliphatic rings. The first-order valence-corrected chi connectivity index (χ1v) is 6.66. The lowest BCUT2D eigenvalue weighted by Gasteiger charge is -2.26. The molecule has 1 heterocycles. The van der Waals surface area contributed by atoms with Crippen molar-refractivity contribution in [3.05, 3.63) is 35.4 Å². The Labute approximate surface area is 92.4 Å². The van der Waals surface area contributed by atoms with Crippen LogP contribution in [0.15, 0.2) is 18.2 Å². The van der Waals surface area contributed by atoms with Crippen molar-refractivity contribution in [3.8, 4) is 0 Å². The lowest BCUT2D eigenvalue weighted by atomic mass is 10.2. The molecule has 1 aromatic carbocycles. The minimum Gasteiger partial charge on any atom is -0.308 e. The fourth-order valence-corrected chi connectivity index (χ4v) is 2.97. The Morgan fingerprint density at radius 3 is 2.56 bits per heavy atom. The lowest BCUT2D eigenvalue weighted by molar-refractivity contribution is 0.501. The third-order valence-electron chi connectivity index (χ3n) is 2.51. The standard InChI is InChI=1S/C10H11F2NO2S/c11-8-2-1-7(10(12)3-8)4-13-9-5-16(14,15)6-9/h1-3,9,13H,4-6H2. The van der Waals surface area contributed by atoms with Gasteiger partial charge >= 0.3 is 0 Å². The van der Waals surface area contributed by atoms with Crippen LogP contribution in [0, 0.1) is 11.6 Å². The number of benzene rings is 1. The first-order chi connectivity index (χ1) is 7.46. The third kappa shape index (κ3) is 2.56. The number of halogens is 2. The number of sulfone groups is 1. The van der Waals surface area contributed by atoms with Crippen LogP contribution >= 0.6 is 0 Å². The molecule has 0 amide bonds. The molecule has 0 unspecified atom stereocenters. The van der Waals surface area contributed by atoms with Gasteiger partial charge in [0.15, 0.2) is 9.84 Å². The largest absolute Gasteiger partial charge is 0.308 e. The molecule has 0 saturated carbocycles. The summed E-state index contributed by atoms with van der Waals surface area (Å²) in [6.45, 7) is 0.215. The van der Waals surface area contributed by atoms with Gasteiger partial charge in [0.05, 0.1) is 11.5 Å². The Morgan fingerprint density at radius 2 is 2.00 bits per heavy atom. The summed E-state index contributed by atoms with van der Waals surface area (Å²) >= 11 is 0. The highest BCUT2D eigenvalue weighted by Crippen LogP contribution is 2.13. The molecule has 0 spiro atoms. The molecule has 0 bridgehead atoms. The smallest absolute Gasteiger partial charge is 0.153 e. The molecule has 0 radical (unpaired) electrons. The molecule has 1 N–H and O–H groups in total. The minimum absolute atomic E-state index is 0.0931. The second-order valence-electron chi connectivity index (χ2n) is 3.89. The number of hydrogen-bond donors (Lipinski definition) is 1. The Kier molecular flexibility index (Phi) is 2.94. The predicted molar refractivity (Wildman–Crippen MR) is 55.6 cm³/mol. The summed E-state index contributed by atoms with van der Waals surface area (Å²) in [6.07, 6.45) is 0. The van der Waals surface area contributed by atoms with Crippen LogP contribution in [0.1, 0.15) is 5.56 Å². The van der Waals surface area contributed by atoms with Crippen LogP contribution < -0.4 is 5.32 Å². The summed E-state index contributed by atoms with van der Waals surface area (Å²) < 4.78 is 47.5. The van der Waals surface area contributed by atoms with E-state index < -0.39 is 21.5 Å². The topological polar surface area (TPSA) is 46.2 Å². The van der Waals surface area contributed by atoms with E-state index in [0.29, 0.717) is 5.56 Å². The Morgan fingerprint density at radius 1 is 1.31 bits per heavy atom. The van der Waals surface area contributed by atoms with Gasteiger partial charge < -0.3 is 5.32 Å². The van der Waals surface area contributed by atoms with Gasteiger partial charge in [-0.1, -0.05) is 6.07 Å². The van der Waals surface area contributed by atoms with Gasteiger partial charge in [0.25, 0.3) is 0 Å². The summed E-state index contributed by atoms with van der Waals surface area (Å²) in [6, 6.07) is 3.23. The maximum Gasteiger partial charge on any atom is 0.153 e. The lowest BCUT2D eigenvalue weighted by Crippen LogP contribution is -2.50. The molecule has 2 rings (SSSR count). The molecule has 1 fully saturated rings. The molecule has 1 aliphatic heterocycles. The predicted octanol–water partition coefficient (Wildman–Crippen LogP) is 0.851. The number of nitrogens with one attached hydrogen (secondary N) is 1. The third-order valence-corrected chi connectivity index (χ3v) is 4.33. The highest BCUT2D eigenvalue weighted by Gasteiger charge is 2.32. The molecule has 1 saturated heterocycles. The quantitative estimate of drug-likeness (QED) is 0.861. The van der Waals surface area contributed by atoms with Crippen LogP contribution in [-0.4, -0.2) is 26.0 Å². The normalized spacial score (nSPS) is 19.4. The van der Waals surface area contributed by atoms with Crippen LogP contribution in [0.2, 0.25) is 0 Å². The molecule has 0 aromatic heterocycles. The maximum absolute atomic E-state index is 13.2. The van der Waals surface area contributed by atoms with Crippen molar-refractivity contribution in [2.24, 2.45) is 0 Å². The molecular formula is C10H11F2NO2S. The second kappa shape index (κ2) is 4.10. The van der Waals surface area contributed by atoms with Crippen molar-refractivity contribution in [3.63, 3.8) is 0 Å². The Balaban J connectivity index is 1.91. The fraction of sp³-hybridized carbons (Fsp3) is 0.400. The SMILES string of the molecule is O=S1(=O)CC(NCc2ccc(F)cc2F)C1. The van der Waals surface area contributed by atoms with Gasteiger partial charge in [-0.25, -0.2) is 17.2 Å². The highest BCUT2D eigenvalue weighted by atomic mass is 32.2. The van der Waals surface area contributed by atoms with Gasteiger partial charge in [0, 0.05) is 24.2 Å². The monoisotopic (exact) mass is 247 g/mol. The minimum atomic E-state index is -2.87. The van der Waals surface area contributed by atoms with Gasteiger partial charge in [-0.2, -0.15) is 0 Å². The van der Waals surface area contributed by atoms with Crippen molar-refractivity contribution in [2.45, 2.75) is 12.6 Å². The van der Waals surface area contributed by atoms with Crippen LogP contribution in [-0.2, 0) is 16.4 Å². The van der Waals surface area contributed by atoms with Crippen LogP contribution in [0.5, 0.6) is 0 Å². The summed E-state index contributed by atoms with van der Waals surface area (Å²) in [4.78, 5) is 0. The molecule has 1 aromatic rings. The highest BCUT2D eigenvalue weighted by molar-refractivity contribution is 7.92. The van der Waals surface area contributed by atoms with E-state index in [1.807, 2.05) is 0 Å². The first-order valence-electron chi connectivity index (χ1n) is 4.84. The molecule has 16 heavy (non-hydrogen) atoms. The van der Waals surface area contributed by atoms with Crippen LogP contribution in [0.3, 0.4) is 0 Å². The van der Waals surface area contributed by atoms with E-state index >= 15 is 0 Å². The molecule has 3 nitrogen and oxygen atoms in total. The van der Waals surface area contributed by atoms with E-state index in [2.05, 4.69) is 5.32 Å². The van der Waals surface area contributed by atoms with E-state index in [4.69, 9.17) is 0 Å². The molecular weight excluding hydrogens is 236 g/mol. The molecule has 0 aliphatic carbocycles. The van der Waals surface area contributed by atoms with Crippen molar-refractivity contribution in [2.75, 3.05) is 11.5 Å². The Bertz CT molecular complexity index is 490. The average molecular weight is 247 g/mol. The fourth-order valence-electron chi connectivity index (χ4n) is 1.60. The number of hydrogen-bond acceptors (Lipinski definition) is 3. The van der Waals surface area contributed by atoms with Gasteiger partial charge in [0.2, 0.25) is 0 Å². The summed E-state index contributed by atoms with van der Waals surface area (Å²) in [5.41, 5.74) is 0.339. The maximum atomic E-state index is 13.2. The van der Waals surface area contributed by atoms with Crippen LogP contribution in [0.25, 0.3) is 0 Å². The summed E-state index contributed by atoms with van der Waals surface area (Å²) in [5, 5.41) is 2.91. The molecule has 88 valence electrons. The van der Waals surface area contributed by atoms with Crippen molar-refractivity contribution in [1.29, 1.82) is 0 Å². The van der Waals surface area contributed by atoms with E-state index in [1.165, 1.54) is 12.1 Å². The zero-order valence-electron chi connectivity index (χ0n) is 8.41. The van der Waals surface area contributed by atoms with Gasteiger partial charge in [-0.15, -0.1) is 0 Å². The van der Waals surface area contributed by atoms with E-state index in [1.54, 1.807) is 0 Å². The van der Waals surface area contributed by atoms with Crippen molar-refractivity contribution < 1.29 is 17.2 Å². The van der Waals surface area contributed by atoms with Crippen molar-refractivity contribution >= 4 is 9.84 Å². The molecule has 6 heteroatoms. The van der Waals surface area contributed by atoms with Crippen LogP contribution in [0.4, 0.5) is 8.78 Å². The van der Waals surface area contributed by atoms with Gasteiger partial charge in [-0.05, 0) is 6.07 Å².